The van der Waals surface area contributed by atoms with Crippen LogP contribution in [0.15, 0.2) is 0 Å². The van der Waals surface area contributed by atoms with E-state index in [1.165, 1.54) is 0 Å². The van der Waals surface area contributed by atoms with Gasteiger partial charge in [-0.1, -0.05) is 0 Å². The minimum atomic E-state index is -4.89. The Morgan fingerprint density at radius 2 is 1.30 bits per heavy atom. The number of aliphatic hydroxyl groups is 2. The third-order valence-corrected chi connectivity index (χ3v) is 0.1000. The Balaban J connectivity index is -0.0000000910. The van der Waals surface area contributed by atoms with Gasteiger partial charge in [-0.3, -0.25) is 4.57 Å². The summed E-state index contributed by atoms with van der Waals surface area (Å²) >= 11 is 0. The molecule has 0 saturated carbocycles. The molecule has 58 valence electrons. The summed E-state index contributed by atoms with van der Waals surface area (Å²) in [5.41, 5.74) is 0. The van der Waals surface area contributed by atoms with Crippen molar-refractivity contribution in [3.05, 3.63) is 0 Å². The van der Waals surface area contributed by atoms with Crippen molar-refractivity contribution < 1.29 is 59.0 Å². The van der Waals surface area contributed by atoms with Crippen LogP contribution in [0.1, 0.15) is 0 Å². The quantitative estimate of drug-likeness (QED) is 0.237. The van der Waals surface area contributed by atoms with Crippen molar-refractivity contribution in [3.63, 3.8) is 0 Å². The first-order valence-electron chi connectivity index (χ1n) is 1.90. The zero-order chi connectivity index (χ0) is 7.91. The molecular weight excluding hydrogens is 174 g/mol. The van der Waals surface area contributed by atoms with Crippen molar-refractivity contribution in [2.24, 2.45) is 0 Å². The molecule has 4 N–H and O–H groups in total. The molecule has 0 fully saturated rings. The van der Waals surface area contributed by atoms with Gasteiger partial charge in [0.05, 0.1) is 13.2 Å². The summed E-state index contributed by atoms with van der Waals surface area (Å²) in [6.45, 7) is -0.250. The second kappa shape index (κ2) is 10.0. The molecule has 0 aromatic carbocycles. The van der Waals surface area contributed by atoms with E-state index in [0.29, 0.717) is 0 Å². The molecule has 0 aliphatic heterocycles. The van der Waals surface area contributed by atoms with E-state index in [4.69, 9.17) is 29.5 Å². The van der Waals surface area contributed by atoms with Crippen LogP contribution >= 0.6 is 7.82 Å². The SMILES string of the molecule is O=P([O-])(O)O.OCCO.[Na+]. The number of hydrogen-bond acceptors (Lipinski definition) is 4. The van der Waals surface area contributed by atoms with Crippen molar-refractivity contribution in [2.75, 3.05) is 13.2 Å². The van der Waals surface area contributed by atoms with Crippen LogP contribution in [0.3, 0.4) is 0 Å². The van der Waals surface area contributed by atoms with Crippen LogP contribution in [0.5, 0.6) is 0 Å². The maximum Gasteiger partial charge on any atom is 1.00 e. The molecule has 0 amide bonds. The van der Waals surface area contributed by atoms with E-state index in [-0.39, 0.29) is 42.8 Å². The van der Waals surface area contributed by atoms with Gasteiger partial charge < -0.3 is 24.9 Å². The molecule has 8 heteroatoms. The molecule has 0 heterocycles. The molecule has 0 saturated heterocycles. The van der Waals surface area contributed by atoms with E-state index < -0.39 is 7.82 Å². The molecule has 0 bridgehead atoms. The molecule has 0 unspecified atom stereocenters. The summed E-state index contributed by atoms with van der Waals surface area (Å²) in [6, 6.07) is 0. The molecule has 0 spiro atoms. The average molecular weight is 182 g/mol. The van der Waals surface area contributed by atoms with Crippen LogP contribution in [0.25, 0.3) is 0 Å². The number of rotatable bonds is 1. The van der Waals surface area contributed by atoms with Crippen molar-refractivity contribution in [2.45, 2.75) is 0 Å². The van der Waals surface area contributed by atoms with Gasteiger partial charge in [-0.2, -0.15) is 0 Å². The average Bonchev–Trinajstić information content (AvgIpc) is 1.61. The van der Waals surface area contributed by atoms with Crippen LogP contribution < -0.4 is 34.5 Å². The zero-order valence-electron chi connectivity index (χ0n) is 5.47. The van der Waals surface area contributed by atoms with Crippen LogP contribution in [0.2, 0.25) is 0 Å². The fourth-order valence-electron chi connectivity index (χ4n) is 0. The third-order valence-electron chi connectivity index (χ3n) is 0.1000. The van der Waals surface area contributed by atoms with Gasteiger partial charge in [0.25, 0.3) is 7.82 Å². The Kier molecular flexibility index (Phi) is 17.3. The van der Waals surface area contributed by atoms with Gasteiger partial charge in [-0.05, 0) is 0 Å². The molecule has 0 aromatic heterocycles. The van der Waals surface area contributed by atoms with Crippen molar-refractivity contribution in [1.29, 1.82) is 0 Å². The van der Waals surface area contributed by atoms with E-state index in [9.17, 15) is 0 Å². The molecule has 6 nitrogen and oxygen atoms in total. The summed E-state index contributed by atoms with van der Waals surface area (Å²) < 4.78 is 8.77. The Morgan fingerprint density at radius 1 is 1.20 bits per heavy atom. The molecular formula is C2H8NaO6P. The van der Waals surface area contributed by atoms with Crippen LogP contribution in [0.4, 0.5) is 0 Å². The van der Waals surface area contributed by atoms with Gasteiger partial charge in [0.2, 0.25) is 0 Å². The molecule has 0 aliphatic carbocycles. The molecule has 0 aromatic rings. The van der Waals surface area contributed by atoms with Crippen molar-refractivity contribution >= 4 is 7.82 Å². The molecule has 0 rings (SSSR count). The van der Waals surface area contributed by atoms with Gasteiger partial charge in [-0.25, -0.2) is 0 Å². The van der Waals surface area contributed by atoms with Crippen LogP contribution in [-0.4, -0.2) is 33.2 Å². The monoisotopic (exact) mass is 182 g/mol. The van der Waals surface area contributed by atoms with Crippen LogP contribution in [0, 0.1) is 0 Å². The number of aliphatic hydroxyl groups excluding tert-OH is 2. The second-order valence-electron chi connectivity index (χ2n) is 0.938. The first kappa shape index (κ1) is 17.2. The fraction of sp³-hybridized carbons (Fsp3) is 1.00. The summed E-state index contributed by atoms with van der Waals surface area (Å²) in [7, 11) is -4.89. The van der Waals surface area contributed by atoms with Crippen molar-refractivity contribution in [1.82, 2.24) is 0 Å². The Bertz CT molecular complexity index is 79.5. The molecule has 0 radical (unpaired) electrons. The van der Waals surface area contributed by atoms with Gasteiger partial charge in [0.15, 0.2) is 0 Å². The first-order valence-corrected chi connectivity index (χ1v) is 3.43. The maximum absolute atomic E-state index is 8.77. The normalized spacial score (nSPS) is 8.90. The molecule has 0 atom stereocenters. The predicted molar refractivity (Wildman–Crippen MR) is 26.2 cm³/mol. The van der Waals surface area contributed by atoms with Crippen LogP contribution in [-0.2, 0) is 4.57 Å². The van der Waals surface area contributed by atoms with E-state index in [2.05, 4.69) is 0 Å². The fourth-order valence-corrected chi connectivity index (χ4v) is 0. The second-order valence-corrected chi connectivity index (χ2v) is 1.92. The summed E-state index contributed by atoms with van der Waals surface area (Å²) in [4.78, 5) is 22.9. The van der Waals surface area contributed by atoms with Gasteiger partial charge in [0.1, 0.15) is 0 Å². The molecule has 10 heavy (non-hydrogen) atoms. The first-order chi connectivity index (χ1) is 3.91. The predicted octanol–water partition coefficient (Wildman–Crippen LogP) is -5.59. The standard InChI is InChI=1S/C2H6O2.Na.H3O4P/c3-1-2-4;;1-5(2,3)4/h3-4H,1-2H2;;(H3,1,2,3,4)/q;+1;/p-1. The summed E-state index contributed by atoms with van der Waals surface area (Å²) in [5, 5.41) is 15.2. The Labute approximate surface area is 80.0 Å². The smallest absolute Gasteiger partial charge is 0.756 e. The Hall–Kier alpha value is 1.03. The minimum absolute atomic E-state index is 0. The minimum Gasteiger partial charge on any atom is -0.756 e. The maximum atomic E-state index is 8.77. The Morgan fingerprint density at radius 3 is 1.30 bits per heavy atom. The van der Waals surface area contributed by atoms with E-state index in [0.717, 1.165) is 0 Å². The summed E-state index contributed by atoms with van der Waals surface area (Å²) in [5.74, 6) is 0. The van der Waals surface area contributed by atoms with Gasteiger partial charge >= 0.3 is 29.6 Å². The third kappa shape index (κ3) is 141. The van der Waals surface area contributed by atoms with E-state index >= 15 is 0 Å². The summed E-state index contributed by atoms with van der Waals surface area (Å²) in [6.07, 6.45) is 0. The van der Waals surface area contributed by atoms with Gasteiger partial charge in [-0.15, -0.1) is 0 Å². The topological polar surface area (TPSA) is 121 Å². The molecule has 0 aliphatic rings. The number of hydrogen-bond donors (Lipinski definition) is 4. The largest absolute Gasteiger partial charge is 1.00 e. The van der Waals surface area contributed by atoms with E-state index in [1.54, 1.807) is 0 Å². The number of phosphoric acid groups is 1. The zero-order valence-corrected chi connectivity index (χ0v) is 8.36. The van der Waals surface area contributed by atoms with Crippen molar-refractivity contribution in [3.8, 4) is 0 Å². The van der Waals surface area contributed by atoms with E-state index in [1.807, 2.05) is 0 Å². The van der Waals surface area contributed by atoms with Gasteiger partial charge in [0, 0.05) is 0 Å².